The van der Waals surface area contributed by atoms with Crippen LogP contribution in [0.15, 0.2) is 0 Å². The summed E-state index contributed by atoms with van der Waals surface area (Å²) in [6, 6.07) is -0.781. The molecule has 0 aromatic rings. The van der Waals surface area contributed by atoms with Gasteiger partial charge in [0.2, 0.25) is 5.91 Å². The number of hydrogen-bond donors (Lipinski definition) is 2. The van der Waals surface area contributed by atoms with E-state index in [4.69, 9.17) is 0 Å². The minimum Gasteiger partial charge on any atom is -0.391 e. The van der Waals surface area contributed by atoms with Gasteiger partial charge in [0.15, 0.2) is 5.78 Å². The van der Waals surface area contributed by atoms with Crippen LogP contribution in [0, 0.1) is 5.92 Å². The highest BCUT2D eigenvalue weighted by Crippen LogP contribution is 2.02. The number of amides is 1. The molecule has 0 spiro atoms. The van der Waals surface area contributed by atoms with E-state index in [1.165, 1.54) is 13.8 Å². The smallest absolute Gasteiger partial charge is 0.223 e. The normalized spacial score (nSPS) is 16.9. The van der Waals surface area contributed by atoms with Gasteiger partial charge in [0.05, 0.1) is 6.10 Å². The summed E-state index contributed by atoms with van der Waals surface area (Å²) >= 11 is 0. The lowest BCUT2D eigenvalue weighted by Gasteiger charge is -2.20. The Labute approximate surface area is 84.7 Å². The number of carbonyl (C=O) groups is 2. The molecular formula is C10H19NO3. The van der Waals surface area contributed by atoms with Crippen molar-refractivity contribution in [2.45, 2.75) is 46.3 Å². The van der Waals surface area contributed by atoms with Crippen LogP contribution in [0.5, 0.6) is 0 Å². The van der Waals surface area contributed by atoms with Crippen LogP contribution in [0.2, 0.25) is 0 Å². The molecule has 1 unspecified atom stereocenters. The van der Waals surface area contributed by atoms with Crippen molar-refractivity contribution in [3.8, 4) is 0 Å². The molecular weight excluding hydrogens is 182 g/mol. The maximum Gasteiger partial charge on any atom is 0.223 e. The van der Waals surface area contributed by atoms with Crippen LogP contribution >= 0.6 is 0 Å². The van der Waals surface area contributed by atoms with Gasteiger partial charge in [0.1, 0.15) is 6.04 Å². The molecule has 14 heavy (non-hydrogen) atoms. The number of aliphatic hydroxyl groups is 1. The zero-order valence-electron chi connectivity index (χ0n) is 9.20. The van der Waals surface area contributed by atoms with Gasteiger partial charge in [-0.3, -0.25) is 9.59 Å². The van der Waals surface area contributed by atoms with Crippen molar-refractivity contribution < 1.29 is 14.7 Å². The summed E-state index contributed by atoms with van der Waals surface area (Å²) in [5, 5.41) is 11.8. The summed E-state index contributed by atoms with van der Waals surface area (Å²) in [4.78, 5) is 22.5. The van der Waals surface area contributed by atoms with Crippen molar-refractivity contribution in [3.05, 3.63) is 0 Å². The first-order valence-corrected chi connectivity index (χ1v) is 4.89. The molecule has 0 saturated heterocycles. The number of aliphatic hydroxyl groups excluding tert-OH is 1. The first kappa shape index (κ1) is 13.1. The Morgan fingerprint density at radius 3 is 2.14 bits per heavy atom. The van der Waals surface area contributed by atoms with Crippen LogP contribution in [-0.4, -0.2) is 28.9 Å². The highest BCUT2D eigenvalue weighted by Gasteiger charge is 2.23. The predicted octanol–water partition coefficient (Wildman–Crippen LogP) is 0.487. The Morgan fingerprint density at radius 1 is 1.36 bits per heavy atom. The minimum atomic E-state index is -0.847. The fourth-order valence-electron chi connectivity index (χ4n) is 1.04. The van der Waals surface area contributed by atoms with E-state index in [-0.39, 0.29) is 17.6 Å². The number of hydrogen-bond acceptors (Lipinski definition) is 3. The Balaban J connectivity index is 4.31. The number of carbonyl (C=O) groups excluding carboxylic acids is 2. The third-order valence-corrected chi connectivity index (χ3v) is 2.28. The summed E-state index contributed by atoms with van der Waals surface area (Å²) in [7, 11) is 0. The monoisotopic (exact) mass is 201 g/mol. The van der Waals surface area contributed by atoms with Gasteiger partial charge in [-0.05, 0) is 20.3 Å². The molecule has 0 aliphatic carbocycles. The zero-order valence-corrected chi connectivity index (χ0v) is 9.20. The fraction of sp³-hybridized carbons (Fsp3) is 0.800. The van der Waals surface area contributed by atoms with Gasteiger partial charge in [-0.25, -0.2) is 0 Å². The van der Waals surface area contributed by atoms with Gasteiger partial charge in [0.25, 0.3) is 0 Å². The summed E-state index contributed by atoms with van der Waals surface area (Å²) in [5.41, 5.74) is 0. The number of rotatable bonds is 5. The summed E-state index contributed by atoms with van der Waals surface area (Å²) in [5.74, 6) is -0.541. The Hall–Kier alpha value is -0.900. The third-order valence-electron chi connectivity index (χ3n) is 2.28. The molecule has 0 saturated carbocycles. The molecule has 0 heterocycles. The van der Waals surface area contributed by atoms with Gasteiger partial charge in [-0.1, -0.05) is 13.8 Å². The van der Waals surface area contributed by atoms with E-state index in [2.05, 4.69) is 5.32 Å². The topological polar surface area (TPSA) is 66.4 Å². The van der Waals surface area contributed by atoms with Crippen LogP contribution in [0.1, 0.15) is 34.1 Å². The van der Waals surface area contributed by atoms with Crippen molar-refractivity contribution in [2.75, 3.05) is 0 Å². The highest BCUT2D eigenvalue weighted by molar-refractivity contribution is 5.88. The van der Waals surface area contributed by atoms with Gasteiger partial charge < -0.3 is 10.4 Å². The minimum absolute atomic E-state index is 0.129. The molecule has 82 valence electrons. The summed E-state index contributed by atoms with van der Waals surface area (Å²) < 4.78 is 0. The lowest BCUT2D eigenvalue weighted by Crippen LogP contribution is -2.48. The molecule has 0 aromatic carbocycles. The van der Waals surface area contributed by atoms with Gasteiger partial charge in [-0.2, -0.15) is 0 Å². The quantitative estimate of drug-likeness (QED) is 0.680. The molecule has 0 bridgehead atoms. The van der Waals surface area contributed by atoms with Crippen LogP contribution < -0.4 is 5.32 Å². The molecule has 0 fully saturated rings. The van der Waals surface area contributed by atoms with E-state index < -0.39 is 12.1 Å². The van der Waals surface area contributed by atoms with E-state index in [9.17, 15) is 14.7 Å². The van der Waals surface area contributed by atoms with E-state index in [0.29, 0.717) is 0 Å². The average molecular weight is 201 g/mol. The lowest BCUT2D eigenvalue weighted by atomic mass is 10.0. The van der Waals surface area contributed by atoms with Gasteiger partial charge in [0, 0.05) is 5.92 Å². The van der Waals surface area contributed by atoms with E-state index in [1.807, 2.05) is 6.92 Å². The fourth-order valence-corrected chi connectivity index (χ4v) is 1.04. The molecule has 0 aliphatic rings. The van der Waals surface area contributed by atoms with E-state index in [0.717, 1.165) is 6.42 Å². The van der Waals surface area contributed by atoms with E-state index in [1.54, 1.807) is 6.92 Å². The summed E-state index contributed by atoms with van der Waals surface area (Å²) in [6.45, 7) is 6.53. The predicted molar refractivity (Wildman–Crippen MR) is 53.7 cm³/mol. The Bertz CT molecular complexity index is 213. The maximum absolute atomic E-state index is 11.4. The standard InChI is InChI=1S/C10H19NO3/c1-5-6(2)10(14)11-9(7(3)12)8(4)13/h6-7,9,12H,5H2,1-4H3,(H,11,14)/t6-,7+,9?/m0/s1. The molecule has 4 heteroatoms. The van der Waals surface area contributed by atoms with Crippen molar-refractivity contribution in [3.63, 3.8) is 0 Å². The second kappa shape index (κ2) is 5.75. The molecule has 0 rings (SSSR count). The molecule has 3 atom stereocenters. The Morgan fingerprint density at radius 2 is 1.86 bits per heavy atom. The molecule has 2 N–H and O–H groups in total. The lowest BCUT2D eigenvalue weighted by molar-refractivity contribution is -0.131. The number of nitrogens with one attached hydrogen (secondary N) is 1. The second-order valence-electron chi connectivity index (χ2n) is 3.65. The zero-order chi connectivity index (χ0) is 11.3. The first-order valence-electron chi connectivity index (χ1n) is 4.89. The average Bonchev–Trinajstić information content (AvgIpc) is 2.11. The van der Waals surface area contributed by atoms with Crippen LogP contribution in [0.25, 0.3) is 0 Å². The molecule has 4 nitrogen and oxygen atoms in total. The largest absolute Gasteiger partial charge is 0.391 e. The van der Waals surface area contributed by atoms with Crippen molar-refractivity contribution >= 4 is 11.7 Å². The summed E-state index contributed by atoms with van der Waals surface area (Å²) in [6.07, 6.45) is -0.128. The van der Waals surface area contributed by atoms with E-state index >= 15 is 0 Å². The number of ketones is 1. The highest BCUT2D eigenvalue weighted by atomic mass is 16.3. The van der Waals surface area contributed by atoms with Crippen LogP contribution in [-0.2, 0) is 9.59 Å². The third kappa shape index (κ3) is 3.87. The second-order valence-corrected chi connectivity index (χ2v) is 3.65. The number of Topliss-reactive ketones (excluding diaryl/α,β-unsaturated/α-hetero) is 1. The van der Waals surface area contributed by atoms with Crippen molar-refractivity contribution in [1.29, 1.82) is 0 Å². The molecule has 0 radical (unpaired) electrons. The molecule has 0 aliphatic heterocycles. The van der Waals surface area contributed by atoms with Gasteiger partial charge >= 0.3 is 0 Å². The van der Waals surface area contributed by atoms with Gasteiger partial charge in [-0.15, -0.1) is 0 Å². The van der Waals surface area contributed by atoms with Crippen molar-refractivity contribution in [1.82, 2.24) is 5.32 Å². The SMILES string of the molecule is CC[C@H](C)C(=O)NC(C(C)=O)[C@@H](C)O. The van der Waals surface area contributed by atoms with Crippen LogP contribution in [0.4, 0.5) is 0 Å². The maximum atomic E-state index is 11.4. The molecule has 1 amide bonds. The van der Waals surface area contributed by atoms with Crippen LogP contribution in [0.3, 0.4) is 0 Å². The van der Waals surface area contributed by atoms with Crippen molar-refractivity contribution in [2.24, 2.45) is 5.92 Å². The Kier molecular flexibility index (Phi) is 5.38. The first-order chi connectivity index (χ1) is 6.40. The molecule has 0 aromatic heterocycles.